The van der Waals surface area contributed by atoms with Gasteiger partial charge in [-0.05, 0) is 72.4 Å². The Bertz CT molecular complexity index is 1710. The Morgan fingerprint density at radius 1 is 1.10 bits per heavy atom. The fourth-order valence-electron chi connectivity index (χ4n) is 5.49. The predicted octanol–water partition coefficient (Wildman–Crippen LogP) is 6.94. The molecule has 2 aliphatic rings. The number of aliphatic hydroxyl groups excluding tert-OH is 1. The molecule has 6 rings (SSSR count). The number of ether oxygens (including phenoxy) is 2. The van der Waals surface area contributed by atoms with Crippen LogP contribution < -0.4 is 14.4 Å². The monoisotopic (exact) mass is 568 g/mol. The first kappa shape index (κ1) is 27.0. The van der Waals surface area contributed by atoms with Gasteiger partial charge in [-0.25, -0.2) is 4.98 Å². The minimum absolute atomic E-state index is 0.0385. The zero-order valence-electron chi connectivity index (χ0n) is 23.7. The largest absolute Gasteiger partial charge is 0.507 e. The molecule has 0 saturated carbocycles. The highest BCUT2D eigenvalue weighted by Gasteiger charge is 2.48. The fraction of sp³-hybridized carbons (Fsp3) is 0.303. The number of hydrogen-bond acceptors (Lipinski definition) is 7. The number of carbonyl (C=O) groups is 2. The summed E-state index contributed by atoms with van der Waals surface area (Å²) in [7, 11) is 0. The second-order valence-electron chi connectivity index (χ2n) is 11.6. The van der Waals surface area contributed by atoms with E-state index in [1.807, 2.05) is 62.4 Å². The van der Waals surface area contributed by atoms with Crippen molar-refractivity contribution in [2.45, 2.75) is 58.6 Å². The van der Waals surface area contributed by atoms with Crippen LogP contribution in [0.25, 0.3) is 16.0 Å². The third-order valence-electron chi connectivity index (χ3n) is 7.57. The van der Waals surface area contributed by atoms with Crippen LogP contribution in [0.4, 0.5) is 5.13 Å². The maximum atomic E-state index is 13.7. The highest BCUT2D eigenvalue weighted by molar-refractivity contribution is 7.22. The Labute approximate surface area is 243 Å². The van der Waals surface area contributed by atoms with Crippen LogP contribution in [0.1, 0.15) is 62.9 Å². The van der Waals surface area contributed by atoms with E-state index in [1.165, 1.54) is 16.2 Å². The van der Waals surface area contributed by atoms with E-state index in [9.17, 15) is 14.7 Å². The molecule has 1 amide bonds. The van der Waals surface area contributed by atoms with Crippen LogP contribution in [0.5, 0.6) is 11.5 Å². The minimum atomic E-state index is -0.848. The average Bonchev–Trinajstić information content (AvgIpc) is 3.60. The Hall–Kier alpha value is -4.17. The number of aliphatic hydroxyl groups is 1. The smallest absolute Gasteiger partial charge is 0.301 e. The van der Waals surface area contributed by atoms with Crippen molar-refractivity contribution in [2.24, 2.45) is 0 Å². The molecule has 1 N–H and O–H groups in total. The van der Waals surface area contributed by atoms with Gasteiger partial charge in [-0.15, -0.1) is 0 Å². The van der Waals surface area contributed by atoms with E-state index in [0.717, 1.165) is 21.6 Å². The number of nitrogens with zero attached hydrogens (tertiary/aromatic N) is 2. The quantitative estimate of drug-likeness (QED) is 0.159. The standard InChI is InChI=1S/C33H32N2O5S/c1-6-39-23-12-13-24-26(17-23)41-32(34-24)35-28(19-7-10-22(11-8-19)33(3,4)5)27(30(37)31(35)38)29(36)20-9-14-25-21(16-20)15-18(2)40-25/h7-14,16-18,28,36H,6,15H2,1-5H3/b29-27+/t18-,28+/m1/s1. The van der Waals surface area contributed by atoms with E-state index in [-0.39, 0.29) is 22.9 Å². The van der Waals surface area contributed by atoms with Gasteiger partial charge in [0.25, 0.3) is 5.78 Å². The van der Waals surface area contributed by atoms with Crippen LogP contribution in [0.2, 0.25) is 0 Å². The summed E-state index contributed by atoms with van der Waals surface area (Å²) in [5.74, 6) is -0.200. The maximum absolute atomic E-state index is 13.7. The molecule has 210 valence electrons. The first-order valence-corrected chi connectivity index (χ1v) is 14.6. The Morgan fingerprint density at radius 2 is 1.85 bits per heavy atom. The Morgan fingerprint density at radius 3 is 2.56 bits per heavy atom. The molecular weight excluding hydrogens is 536 g/mol. The summed E-state index contributed by atoms with van der Waals surface area (Å²) in [5, 5.41) is 12.0. The first-order valence-electron chi connectivity index (χ1n) is 13.8. The summed E-state index contributed by atoms with van der Waals surface area (Å²) in [6.07, 6.45) is 0.745. The van der Waals surface area contributed by atoms with Gasteiger partial charge < -0.3 is 14.6 Å². The number of Topliss-reactive ketones (excluding diaryl/α,β-unsaturated/α-hetero) is 1. The molecular formula is C33H32N2O5S. The molecule has 1 aromatic heterocycles. The van der Waals surface area contributed by atoms with Gasteiger partial charge in [-0.3, -0.25) is 14.5 Å². The van der Waals surface area contributed by atoms with Gasteiger partial charge in [0.1, 0.15) is 23.4 Å². The molecule has 7 nitrogen and oxygen atoms in total. The first-order chi connectivity index (χ1) is 19.5. The highest BCUT2D eigenvalue weighted by Crippen LogP contribution is 2.45. The topological polar surface area (TPSA) is 89.0 Å². The molecule has 8 heteroatoms. The van der Waals surface area contributed by atoms with E-state index < -0.39 is 17.7 Å². The van der Waals surface area contributed by atoms with Crippen LogP contribution in [0.15, 0.2) is 66.2 Å². The van der Waals surface area contributed by atoms with Gasteiger partial charge in [0.15, 0.2) is 5.13 Å². The lowest BCUT2D eigenvalue weighted by atomic mass is 9.85. The highest BCUT2D eigenvalue weighted by atomic mass is 32.1. The van der Waals surface area contributed by atoms with Crippen molar-refractivity contribution in [3.63, 3.8) is 0 Å². The molecule has 0 aliphatic carbocycles. The number of amides is 1. The summed E-state index contributed by atoms with van der Waals surface area (Å²) < 4.78 is 12.3. The van der Waals surface area contributed by atoms with Gasteiger partial charge >= 0.3 is 5.91 Å². The van der Waals surface area contributed by atoms with Crippen LogP contribution in [0.3, 0.4) is 0 Å². The van der Waals surface area contributed by atoms with Crippen molar-refractivity contribution in [1.82, 2.24) is 4.98 Å². The molecule has 0 radical (unpaired) electrons. The number of carbonyl (C=O) groups excluding carboxylic acids is 2. The lowest BCUT2D eigenvalue weighted by molar-refractivity contribution is -0.132. The lowest BCUT2D eigenvalue weighted by Crippen LogP contribution is -2.29. The molecule has 4 aromatic rings. The van der Waals surface area contributed by atoms with Gasteiger partial charge in [-0.1, -0.05) is 56.4 Å². The summed E-state index contributed by atoms with van der Waals surface area (Å²) in [6, 6.07) is 18.0. The summed E-state index contributed by atoms with van der Waals surface area (Å²) in [6.45, 7) is 10.8. The van der Waals surface area contributed by atoms with Crippen molar-refractivity contribution in [1.29, 1.82) is 0 Å². The molecule has 0 spiro atoms. The van der Waals surface area contributed by atoms with Crippen LogP contribution in [-0.2, 0) is 21.4 Å². The van der Waals surface area contributed by atoms with Crippen molar-refractivity contribution in [2.75, 3.05) is 11.5 Å². The molecule has 2 aliphatic heterocycles. The molecule has 1 fully saturated rings. The number of benzene rings is 3. The normalized spacial score (nSPS) is 20.0. The van der Waals surface area contributed by atoms with Crippen molar-refractivity contribution < 1.29 is 24.2 Å². The average molecular weight is 569 g/mol. The fourth-order valence-corrected chi connectivity index (χ4v) is 6.51. The number of aromatic nitrogens is 1. The summed E-state index contributed by atoms with van der Waals surface area (Å²) in [5.41, 5.74) is 3.93. The number of rotatable bonds is 5. The van der Waals surface area contributed by atoms with E-state index in [2.05, 4.69) is 20.8 Å². The second-order valence-corrected chi connectivity index (χ2v) is 12.6. The van der Waals surface area contributed by atoms with E-state index in [1.54, 1.807) is 12.1 Å². The molecule has 0 bridgehead atoms. The van der Waals surface area contributed by atoms with Crippen LogP contribution >= 0.6 is 11.3 Å². The number of ketones is 1. The molecule has 3 heterocycles. The van der Waals surface area contributed by atoms with Crippen LogP contribution in [0, 0.1) is 0 Å². The lowest BCUT2D eigenvalue weighted by Gasteiger charge is -2.24. The van der Waals surface area contributed by atoms with Gasteiger partial charge in [0.2, 0.25) is 0 Å². The van der Waals surface area contributed by atoms with Crippen molar-refractivity contribution >= 4 is 44.1 Å². The van der Waals surface area contributed by atoms with Gasteiger partial charge in [0.05, 0.1) is 28.4 Å². The minimum Gasteiger partial charge on any atom is -0.507 e. The van der Waals surface area contributed by atoms with Crippen molar-refractivity contribution in [3.8, 4) is 11.5 Å². The number of hydrogen-bond donors (Lipinski definition) is 1. The summed E-state index contributed by atoms with van der Waals surface area (Å²) in [4.78, 5) is 33.5. The Kier molecular flexibility index (Phi) is 6.61. The third-order valence-corrected chi connectivity index (χ3v) is 8.59. The molecule has 2 atom stereocenters. The number of anilines is 1. The molecule has 41 heavy (non-hydrogen) atoms. The van der Waals surface area contributed by atoms with E-state index in [0.29, 0.717) is 40.6 Å². The summed E-state index contributed by atoms with van der Waals surface area (Å²) >= 11 is 1.31. The number of thiazole rings is 1. The van der Waals surface area contributed by atoms with Crippen molar-refractivity contribution in [3.05, 3.63) is 88.5 Å². The van der Waals surface area contributed by atoms with E-state index in [4.69, 9.17) is 14.5 Å². The van der Waals surface area contributed by atoms with Gasteiger partial charge in [0, 0.05) is 12.0 Å². The number of fused-ring (bicyclic) bond motifs is 2. The predicted molar refractivity (Wildman–Crippen MR) is 161 cm³/mol. The van der Waals surface area contributed by atoms with Gasteiger partial charge in [-0.2, -0.15) is 0 Å². The third kappa shape index (κ3) is 4.76. The van der Waals surface area contributed by atoms with E-state index >= 15 is 0 Å². The zero-order chi connectivity index (χ0) is 29.1. The Balaban J connectivity index is 1.51. The second kappa shape index (κ2) is 10.0. The molecule has 0 unspecified atom stereocenters. The SMILES string of the molecule is CCOc1ccc2nc(N3C(=O)C(=O)/C(=C(/O)c4ccc5c(c4)C[C@@H](C)O5)[C@@H]3c3ccc(C(C)(C)C)cc3)sc2c1. The molecule has 1 saturated heterocycles. The molecule has 3 aromatic carbocycles. The van der Waals surface area contributed by atoms with Crippen LogP contribution in [-0.4, -0.2) is 34.5 Å². The maximum Gasteiger partial charge on any atom is 0.301 e. The zero-order valence-corrected chi connectivity index (χ0v) is 24.5.